The topological polar surface area (TPSA) is 53.6 Å². The highest BCUT2D eigenvalue weighted by Crippen LogP contribution is 2.19. The average Bonchev–Trinajstić information content (AvgIpc) is 2.65. The zero-order valence-corrected chi connectivity index (χ0v) is 8.98. The molecule has 2 aromatic heterocycles. The van der Waals surface area contributed by atoms with Crippen LogP contribution in [0.5, 0.6) is 0 Å². The van der Waals surface area contributed by atoms with Crippen LogP contribution < -0.4 is 5.32 Å². The van der Waals surface area contributed by atoms with Crippen molar-refractivity contribution in [2.45, 2.75) is 5.75 Å². The van der Waals surface area contributed by atoms with E-state index in [1.807, 2.05) is 25.6 Å². The summed E-state index contributed by atoms with van der Waals surface area (Å²) in [5.74, 6) is 2.58. The molecule has 2 rings (SSSR count). The zero-order chi connectivity index (χ0) is 9.97. The number of nitrogens with one attached hydrogen (secondary N) is 2. The van der Waals surface area contributed by atoms with Gasteiger partial charge in [0.2, 0.25) is 0 Å². The van der Waals surface area contributed by atoms with E-state index in [-0.39, 0.29) is 0 Å². The highest BCUT2D eigenvalue weighted by Gasteiger charge is 2.06. The summed E-state index contributed by atoms with van der Waals surface area (Å²) >= 11 is 1.72. The Morgan fingerprint density at radius 2 is 2.36 bits per heavy atom. The van der Waals surface area contributed by atoms with Crippen LogP contribution in [0.15, 0.2) is 12.3 Å². The molecule has 0 saturated heterocycles. The number of thioether (sulfide) groups is 1. The number of anilines is 1. The van der Waals surface area contributed by atoms with Crippen LogP contribution in [0.1, 0.15) is 5.82 Å². The number of nitrogens with zero attached hydrogens (tertiary/aromatic N) is 2. The molecular weight excluding hydrogens is 196 g/mol. The van der Waals surface area contributed by atoms with E-state index in [2.05, 4.69) is 20.3 Å². The quantitative estimate of drug-likeness (QED) is 0.808. The van der Waals surface area contributed by atoms with Crippen molar-refractivity contribution in [1.29, 1.82) is 0 Å². The molecule has 0 unspecified atom stereocenters. The summed E-state index contributed by atoms with van der Waals surface area (Å²) in [6, 6.07) is 1.98. The van der Waals surface area contributed by atoms with Crippen molar-refractivity contribution in [2.24, 2.45) is 0 Å². The van der Waals surface area contributed by atoms with Gasteiger partial charge < -0.3 is 10.3 Å². The molecular formula is C9H12N4S. The molecule has 4 nitrogen and oxygen atoms in total. The molecule has 14 heavy (non-hydrogen) atoms. The minimum Gasteiger partial charge on any atom is -0.372 e. The lowest BCUT2D eigenvalue weighted by molar-refractivity contribution is 1.06. The van der Waals surface area contributed by atoms with Gasteiger partial charge in [-0.2, -0.15) is 11.8 Å². The number of H-pyrrole nitrogens is 1. The van der Waals surface area contributed by atoms with E-state index in [9.17, 15) is 0 Å². The van der Waals surface area contributed by atoms with Crippen molar-refractivity contribution in [3.63, 3.8) is 0 Å². The maximum atomic E-state index is 4.42. The molecule has 0 aliphatic carbocycles. The lowest BCUT2D eigenvalue weighted by atomic mass is 10.4. The normalized spacial score (nSPS) is 10.7. The summed E-state index contributed by atoms with van der Waals surface area (Å²) in [5.41, 5.74) is 0.897. The second-order valence-electron chi connectivity index (χ2n) is 2.91. The first-order valence-corrected chi connectivity index (χ1v) is 5.75. The molecule has 0 aliphatic heterocycles. The molecule has 0 radical (unpaired) electrons. The standard InChI is InChI=1S/C9H12N4S/c1-10-8-6-3-4-11-9(6)13-7(12-8)5-14-2/h3-4H,5H2,1-2H3,(H2,10,11,12,13). The molecule has 0 amide bonds. The smallest absolute Gasteiger partial charge is 0.143 e. The van der Waals surface area contributed by atoms with Crippen molar-refractivity contribution < 1.29 is 0 Å². The fourth-order valence-corrected chi connectivity index (χ4v) is 1.76. The van der Waals surface area contributed by atoms with Gasteiger partial charge in [-0.3, -0.25) is 0 Å². The number of rotatable bonds is 3. The van der Waals surface area contributed by atoms with Gasteiger partial charge in [-0.25, -0.2) is 9.97 Å². The summed E-state index contributed by atoms with van der Waals surface area (Å²) in [4.78, 5) is 11.9. The van der Waals surface area contributed by atoms with E-state index in [1.54, 1.807) is 11.8 Å². The van der Waals surface area contributed by atoms with Crippen LogP contribution in [-0.2, 0) is 5.75 Å². The maximum Gasteiger partial charge on any atom is 0.143 e. The summed E-state index contributed by atoms with van der Waals surface area (Å²) in [6.07, 6.45) is 3.92. The lowest BCUT2D eigenvalue weighted by Gasteiger charge is -2.03. The van der Waals surface area contributed by atoms with E-state index < -0.39 is 0 Å². The molecule has 74 valence electrons. The third-order valence-corrected chi connectivity index (χ3v) is 2.52. The number of aromatic nitrogens is 3. The number of aromatic amines is 1. The van der Waals surface area contributed by atoms with E-state index in [0.29, 0.717) is 0 Å². The van der Waals surface area contributed by atoms with E-state index in [4.69, 9.17) is 0 Å². The van der Waals surface area contributed by atoms with Gasteiger partial charge in [0.1, 0.15) is 17.3 Å². The fourth-order valence-electron chi connectivity index (χ4n) is 1.37. The first kappa shape index (κ1) is 9.33. The predicted octanol–water partition coefficient (Wildman–Crippen LogP) is 1.86. The summed E-state index contributed by atoms with van der Waals surface area (Å²) in [6.45, 7) is 0. The van der Waals surface area contributed by atoms with Crippen molar-refractivity contribution >= 4 is 28.6 Å². The first-order valence-electron chi connectivity index (χ1n) is 4.36. The zero-order valence-electron chi connectivity index (χ0n) is 8.16. The number of hydrogen-bond donors (Lipinski definition) is 2. The fraction of sp³-hybridized carbons (Fsp3) is 0.333. The molecule has 0 aliphatic rings. The molecule has 0 spiro atoms. The second kappa shape index (κ2) is 3.88. The highest BCUT2D eigenvalue weighted by molar-refractivity contribution is 7.97. The Hall–Kier alpha value is -1.23. The van der Waals surface area contributed by atoms with Crippen LogP contribution in [0, 0.1) is 0 Å². The molecule has 2 N–H and O–H groups in total. The van der Waals surface area contributed by atoms with Gasteiger partial charge >= 0.3 is 0 Å². The molecule has 0 saturated carbocycles. The third-order valence-electron chi connectivity index (χ3n) is 1.97. The summed E-state index contributed by atoms with van der Waals surface area (Å²) in [7, 11) is 1.87. The van der Waals surface area contributed by atoms with Gasteiger partial charge in [-0.15, -0.1) is 0 Å². The molecule has 0 bridgehead atoms. The van der Waals surface area contributed by atoms with Crippen LogP contribution in [0.25, 0.3) is 11.0 Å². The Morgan fingerprint density at radius 1 is 1.50 bits per heavy atom. The van der Waals surface area contributed by atoms with Gasteiger partial charge in [0.25, 0.3) is 0 Å². The van der Waals surface area contributed by atoms with Crippen molar-refractivity contribution in [3.8, 4) is 0 Å². The van der Waals surface area contributed by atoms with Crippen LogP contribution in [0.2, 0.25) is 0 Å². The van der Waals surface area contributed by atoms with Crippen molar-refractivity contribution in [3.05, 3.63) is 18.1 Å². The highest BCUT2D eigenvalue weighted by atomic mass is 32.2. The van der Waals surface area contributed by atoms with Gasteiger partial charge in [-0.1, -0.05) is 0 Å². The lowest BCUT2D eigenvalue weighted by Crippen LogP contribution is -1.99. The Kier molecular flexibility index (Phi) is 2.58. The SMILES string of the molecule is CNc1nc(CSC)nc2[nH]ccc12. The van der Waals surface area contributed by atoms with E-state index >= 15 is 0 Å². The first-order chi connectivity index (χ1) is 6.85. The molecule has 0 atom stereocenters. The van der Waals surface area contributed by atoms with Crippen molar-refractivity contribution in [1.82, 2.24) is 15.0 Å². The molecule has 2 aromatic rings. The molecule has 5 heteroatoms. The number of fused-ring (bicyclic) bond motifs is 1. The van der Waals surface area contributed by atoms with Crippen LogP contribution in [0.3, 0.4) is 0 Å². The maximum absolute atomic E-state index is 4.42. The van der Waals surface area contributed by atoms with Crippen LogP contribution in [0.4, 0.5) is 5.82 Å². The monoisotopic (exact) mass is 208 g/mol. The minimum atomic E-state index is 0.837. The van der Waals surface area contributed by atoms with Crippen LogP contribution >= 0.6 is 11.8 Å². The molecule has 0 aromatic carbocycles. The third kappa shape index (κ3) is 1.55. The number of hydrogen-bond acceptors (Lipinski definition) is 4. The average molecular weight is 208 g/mol. The van der Waals surface area contributed by atoms with Crippen LogP contribution in [-0.4, -0.2) is 28.3 Å². The van der Waals surface area contributed by atoms with Gasteiger partial charge in [0.15, 0.2) is 0 Å². The van der Waals surface area contributed by atoms with Crippen molar-refractivity contribution in [2.75, 3.05) is 18.6 Å². The Labute approximate surface area is 86.5 Å². The Morgan fingerprint density at radius 3 is 3.07 bits per heavy atom. The minimum absolute atomic E-state index is 0.837. The predicted molar refractivity (Wildman–Crippen MR) is 60.7 cm³/mol. The van der Waals surface area contributed by atoms with E-state index in [0.717, 1.165) is 28.4 Å². The van der Waals surface area contributed by atoms with E-state index in [1.165, 1.54) is 0 Å². The largest absolute Gasteiger partial charge is 0.372 e. The van der Waals surface area contributed by atoms with Gasteiger partial charge in [0.05, 0.1) is 11.1 Å². The summed E-state index contributed by atoms with van der Waals surface area (Å²) in [5, 5.41) is 4.11. The summed E-state index contributed by atoms with van der Waals surface area (Å²) < 4.78 is 0. The molecule has 0 fully saturated rings. The second-order valence-corrected chi connectivity index (χ2v) is 3.78. The van der Waals surface area contributed by atoms with Gasteiger partial charge in [0, 0.05) is 13.2 Å². The Bertz CT molecular complexity index is 437. The Balaban J connectivity index is 2.55. The molecule has 2 heterocycles. The van der Waals surface area contributed by atoms with Gasteiger partial charge in [-0.05, 0) is 12.3 Å².